The molecule has 1 atom stereocenters. The molecule has 8 heteroatoms. The minimum atomic E-state index is -0.257. The van der Waals surface area contributed by atoms with Gasteiger partial charge in [0.25, 0.3) is 0 Å². The van der Waals surface area contributed by atoms with Crippen LogP contribution in [0.15, 0.2) is 48.0 Å². The normalized spacial score (nSPS) is 21.8. The topological polar surface area (TPSA) is 61.6 Å². The lowest BCUT2D eigenvalue weighted by Gasteiger charge is -2.42. The van der Waals surface area contributed by atoms with E-state index in [0.717, 1.165) is 37.7 Å². The van der Waals surface area contributed by atoms with Gasteiger partial charge in [0, 0.05) is 38.1 Å². The summed E-state index contributed by atoms with van der Waals surface area (Å²) < 4.78 is 15.2. The van der Waals surface area contributed by atoms with Crippen LogP contribution in [0.4, 0.5) is 10.1 Å². The van der Waals surface area contributed by atoms with E-state index in [-0.39, 0.29) is 12.1 Å². The molecule has 24 heavy (non-hydrogen) atoms. The van der Waals surface area contributed by atoms with Gasteiger partial charge in [0.2, 0.25) is 0 Å². The molecule has 0 amide bonds. The van der Waals surface area contributed by atoms with Crippen molar-refractivity contribution in [1.82, 2.24) is 25.0 Å². The van der Waals surface area contributed by atoms with Crippen LogP contribution in [-0.4, -0.2) is 58.3 Å². The van der Waals surface area contributed by atoms with Crippen molar-refractivity contribution in [2.24, 2.45) is 4.99 Å². The summed E-state index contributed by atoms with van der Waals surface area (Å²) in [7, 11) is 0. The predicted octanol–water partition coefficient (Wildman–Crippen LogP) is 0.995. The van der Waals surface area contributed by atoms with E-state index in [0.29, 0.717) is 0 Å². The third-order valence-electron chi connectivity index (χ3n) is 4.19. The molecule has 1 aromatic carbocycles. The maximum absolute atomic E-state index is 13.4. The van der Waals surface area contributed by atoms with E-state index in [9.17, 15) is 4.39 Å². The molecule has 2 aromatic rings. The zero-order chi connectivity index (χ0) is 16.4. The van der Waals surface area contributed by atoms with Gasteiger partial charge in [0.05, 0.1) is 0 Å². The second-order valence-electron chi connectivity index (χ2n) is 5.67. The average molecular weight is 327 g/mol. The number of hydrogen-bond donors (Lipinski definition) is 1. The van der Waals surface area contributed by atoms with E-state index in [1.54, 1.807) is 24.8 Å². The zero-order valence-corrected chi connectivity index (χ0v) is 13.1. The monoisotopic (exact) mass is 327 g/mol. The Labute approximate surface area is 139 Å². The van der Waals surface area contributed by atoms with Gasteiger partial charge in [-0.15, -0.1) is 10.2 Å². The number of halogens is 1. The average Bonchev–Trinajstić information content (AvgIpc) is 3.17. The molecule has 0 saturated carbocycles. The molecule has 2 aliphatic rings. The highest BCUT2D eigenvalue weighted by Crippen LogP contribution is 2.29. The molecule has 0 spiro atoms. The van der Waals surface area contributed by atoms with Crippen LogP contribution in [-0.2, 0) is 0 Å². The largest absolute Gasteiger partial charge is 0.314 e. The third kappa shape index (κ3) is 2.81. The first-order valence-electron chi connectivity index (χ1n) is 7.91. The van der Waals surface area contributed by atoms with Crippen LogP contribution in [0.2, 0.25) is 0 Å². The second-order valence-corrected chi connectivity index (χ2v) is 5.67. The van der Waals surface area contributed by atoms with Gasteiger partial charge in [0.1, 0.15) is 24.3 Å². The first-order chi connectivity index (χ1) is 11.8. The molecule has 1 unspecified atom stereocenters. The Bertz CT molecular complexity index is 732. The molecule has 124 valence electrons. The van der Waals surface area contributed by atoms with Crippen molar-refractivity contribution in [3.63, 3.8) is 0 Å². The fourth-order valence-corrected chi connectivity index (χ4v) is 3.02. The predicted molar refractivity (Wildman–Crippen MR) is 89.9 cm³/mol. The Morgan fingerprint density at radius 2 is 1.75 bits per heavy atom. The van der Waals surface area contributed by atoms with Crippen molar-refractivity contribution in [3.8, 4) is 0 Å². The van der Waals surface area contributed by atoms with Gasteiger partial charge in [-0.25, -0.2) is 4.39 Å². The van der Waals surface area contributed by atoms with Crippen LogP contribution >= 0.6 is 0 Å². The fraction of sp³-hybridized carbons (Fsp3) is 0.312. The Morgan fingerprint density at radius 3 is 2.46 bits per heavy atom. The summed E-state index contributed by atoms with van der Waals surface area (Å²) in [6, 6.07) is 6.46. The van der Waals surface area contributed by atoms with Crippen LogP contribution in [0.25, 0.3) is 5.82 Å². The molecule has 1 aromatic heterocycles. The van der Waals surface area contributed by atoms with Gasteiger partial charge in [-0.05, 0) is 30.3 Å². The van der Waals surface area contributed by atoms with E-state index in [1.807, 2.05) is 16.9 Å². The van der Waals surface area contributed by atoms with Crippen LogP contribution in [0.1, 0.15) is 0 Å². The molecule has 7 nitrogen and oxygen atoms in total. The van der Waals surface area contributed by atoms with E-state index in [1.165, 1.54) is 12.1 Å². The lowest BCUT2D eigenvalue weighted by molar-refractivity contribution is 0.180. The van der Waals surface area contributed by atoms with E-state index >= 15 is 0 Å². The highest BCUT2D eigenvalue weighted by Gasteiger charge is 2.30. The Kier molecular flexibility index (Phi) is 4.06. The number of aliphatic imine (C=N–C) groups is 1. The van der Waals surface area contributed by atoms with Crippen LogP contribution < -0.4 is 10.2 Å². The lowest BCUT2D eigenvalue weighted by atomic mass is 10.2. The number of piperazine rings is 1. The van der Waals surface area contributed by atoms with E-state index in [2.05, 4.69) is 30.3 Å². The van der Waals surface area contributed by atoms with E-state index < -0.39 is 0 Å². The first kappa shape index (κ1) is 15.0. The molecular weight excluding hydrogens is 309 g/mol. The van der Waals surface area contributed by atoms with Gasteiger partial charge in [0.15, 0.2) is 6.29 Å². The first-order valence-corrected chi connectivity index (χ1v) is 7.91. The molecule has 1 N–H and O–H groups in total. The number of nitrogens with zero attached hydrogens (tertiary/aromatic N) is 6. The highest BCUT2D eigenvalue weighted by atomic mass is 19.1. The summed E-state index contributed by atoms with van der Waals surface area (Å²) in [6.07, 6.45) is 6.83. The number of hydrogen-bond acceptors (Lipinski definition) is 6. The smallest absolute Gasteiger partial charge is 0.184 e. The summed E-state index contributed by atoms with van der Waals surface area (Å²) >= 11 is 0. The second kappa shape index (κ2) is 6.50. The standard InChI is InChI=1S/C16H18FN7/c17-13-1-3-14(4-2-13)24-15(23-11-20-21-12-23)5-6-19-16(24)22-9-7-18-8-10-22/h1-6,11-12,16,18H,7-10H2. The maximum Gasteiger partial charge on any atom is 0.184 e. The summed E-state index contributed by atoms with van der Waals surface area (Å²) in [4.78, 5) is 9.05. The molecule has 2 aliphatic heterocycles. The van der Waals surface area contributed by atoms with Gasteiger partial charge in [-0.2, -0.15) is 0 Å². The minimum absolute atomic E-state index is 0.181. The molecule has 0 radical (unpaired) electrons. The number of benzene rings is 1. The molecular formula is C16H18FN7. The van der Waals surface area contributed by atoms with Gasteiger partial charge >= 0.3 is 0 Å². The Balaban J connectivity index is 1.74. The van der Waals surface area contributed by atoms with Crippen LogP contribution in [0.3, 0.4) is 0 Å². The van der Waals surface area contributed by atoms with E-state index in [4.69, 9.17) is 0 Å². The van der Waals surface area contributed by atoms with Crippen molar-refractivity contribution in [3.05, 3.63) is 48.8 Å². The van der Waals surface area contributed by atoms with Crippen LogP contribution in [0, 0.1) is 5.82 Å². The van der Waals surface area contributed by atoms with Crippen LogP contribution in [0.5, 0.6) is 0 Å². The summed E-state index contributed by atoms with van der Waals surface area (Å²) in [5, 5.41) is 11.1. The number of rotatable bonds is 3. The molecule has 3 heterocycles. The zero-order valence-electron chi connectivity index (χ0n) is 13.1. The third-order valence-corrected chi connectivity index (χ3v) is 4.19. The molecule has 1 saturated heterocycles. The van der Waals surface area contributed by atoms with Gasteiger partial charge < -0.3 is 5.32 Å². The van der Waals surface area contributed by atoms with Gasteiger partial charge in [-0.3, -0.25) is 19.4 Å². The van der Waals surface area contributed by atoms with Crippen molar-refractivity contribution < 1.29 is 4.39 Å². The van der Waals surface area contributed by atoms with Crippen molar-refractivity contribution in [2.75, 3.05) is 31.1 Å². The van der Waals surface area contributed by atoms with Gasteiger partial charge in [-0.1, -0.05) is 0 Å². The molecule has 4 rings (SSSR count). The summed E-state index contributed by atoms with van der Waals surface area (Å²) in [5.41, 5.74) is 0.872. The van der Waals surface area contributed by atoms with Crippen molar-refractivity contribution in [2.45, 2.75) is 6.29 Å². The number of allylic oxidation sites excluding steroid dienone is 1. The van der Waals surface area contributed by atoms with Crippen molar-refractivity contribution in [1.29, 1.82) is 0 Å². The molecule has 0 aliphatic carbocycles. The summed E-state index contributed by atoms with van der Waals surface area (Å²) in [6.45, 7) is 3.65. The maximum atomic E-state index is 13.4. The minimum Gasteiger partial charge on any atom is -0.314 e. The SMILES string of the molecule is Fc1ccc(N2C(n3cnnc3)=CC=NC2N2CCNCC2)cc1. The molecule has 0 bridgehead atoms. The highest BCUT2D eigenvalue weighted by molar-refractivity contribution is 5.87. The Hall–Kier alpha value is -2.58. The number of anilines is 1. The lowest BCUT2D eigenvalue weighted by Crippen LogP contribution is -2.55. The summed E-state index contributed by atoms with van der Waals surface area (Å²) in [5.74, 6) is 0.623. The molecule has 1 fully saturated rings. The quantitative estimate of drug-likeness (QED) is 0.911. The van der Waals surface area contributed by atoms with Crippen molar-refractivity contribution >= 4 is 17.7 Å². The number of nitrogens with one attached hydrogen (secondary N) is 1. The fourth-order valence-electron chi connectivity index (χ4n) is 3.02. The Morgan fingerprint density at radius 1 is 1.04 bits per heavy atom. The number of aromatic nitrogens is 3.